The van der Waals surface area contributed by atoms with E-state index >= 15 is 0 Å². The van der Waals surface area contributed by atoms with Gasteiger partial charge in [0, 0.05) is 18.0 Å². The standard InChI is InChI=1S/C16H15N3O5S/c1-10-15(9-14(24-10)13-6-7-17-18-13)25(21,22)19-12-5-3-4-11(8-12)16(20)23-2/h3-9,19H,1-2H3,(H,17,18). The van der Waals surface area contributed by atoms with Gasteiger partial charge in [0.1, 0.15) is 16.3 Å². The number of sulfonamides is 1. The fourth-order valence-electron chi connectivity index (χ4n) is 2.30. The smallest absolute Gasteiger partial charge is 0.337 e. The van der Waals surface area contributed by atoms with E-state index in [4.69, 9.17) is 4.42 Å². The first-order chi connectivity index (χ1) is 11.9. The third-order valence-corrected chi connectivity index (χ3v) is 4.95. The van der Waals surface area contributed by atoms with Crippen molar-refractivity contribution in [2.45, 2.75) is 11.8 Å². The lowest BCUT2D eigenvalue weighted by atomic mass is 10.2. The first-order valence-electron chi connectivity index (χ1n) is 7.22. The average molecular weight is 361 g/mol. The van der Waals surface area contributed by atoms with Gasteiger partial charge in [0.2, 0.25) is 0 Å². The fraction of sp³-hybridized carbons (Fsp3) is 0.125. The Morgan fingerprint density at radius 2 is 2.08 bits per heavy atom. The average Bonchev–Trinajstić information content (AvgIpc) is 3.23. The molecule has 2 heterocycles. The number of H-pyrrole nitrogens is 1. The molecule has 1 aromatic carbocycles. The molecule has 130 valence electrons. The van der Waals surface area contributed by atoms with Crippen molar-refractivity contribution in [1.29, 1.82) is 0 Å². The molecule has 0 saturated carbocycles. The Morgan fingerprint density at radius 3 is 2.76 bits per heavy atom. The van der Waals surface area contributed by atoms with Crippen LogP contribution >= 0.6 is 0 Å². The zero-order chi connectivity index (χ0) is 18.0. The van der Waals surface area contributed by atoms with Gasteiger partial charge in [0.15, 0.2) is 5.76 Å². The molecule has 3 rings (SSSR count). The number of nitrogens with one attached hydrogen (secondary N) is 2. The molecule has 0 radical (unpaired) electrons. The van der Waals surface area contributed by atoms with Crippen LogP contribution in [0.1, 0.15) is 16.1 Å². The minimum absolute atomic E-state index is 0.000529. The topological polar surface area (TPSA) is 114 Å². The van der Waals surface area contributed by atoms with Gasteiger partial charge in [-0.05, 0) is 31.2 Å². The number of hydrogen-bond acceptors (Lipinski definition) is 6. The maximum atomic E-state index is 12.6. The second-order valence-electron chi connectivity index (χ2n) is 5.18. The van der Waals surface area contributed by atoms with E-state index in [-0.39, 0.29) is 21.9 Å². The largest absolute Gasteiger partial charge is 0.465 e. The Morgan fingerprint density at radius 1 is 1.28 bits per heavy atom. The highest BCUT2D eigenvalue weighted by Gasteiger charge is 2.23. The second-order valence-corrected chi connectivity index (χ2v) is 6.83. The number of esters is 1. The Balaban J connectivity index is 1.92. The van der Waals surface area contributed by atoms with Gasteiger partial charge in [-0.2, -0.15) is 5.10 Å². The molecule has 3 aromatic rings. The van der Waals surface area contributed by atoms with Crippen LogP contribution in [0.2, 0.25) is 0 Å². The zero-order valence-electron chi connectivity index (χ0n) is 13.4. The first kappa shape index (κ1) is 16.8. The molecule has 0 aliphatic carbocycles. The van der Waals surface area contributed by atoms with Gasteiger partial charge in [0.05, 0.1) is 12.7 Å². The van der Waals surface area contributed by atoms with Gasteiger partial charge in [0.25, 0.3) is 10.0 Å². The normalized spacial score (nSPS) is 11.3. The van der Waals surface area contributed by atoms with Crippen molar-refractivity contribution < 1.29 is 22.4 Å². The Labute approximate surface area is 143 Å². The monoisotopic (exact) mass is 361 g/mol. The van der Waals surface area contributed by atoms with Crippen LogP contribution in [0, 0.1) is 6.92 Å². The zero-order valence-corrected chi connectivity index (χ0v) is 14.3. The molecule has 0 amide bonds. The molecule has 2 aromatic heterocycles. The number of nitrogens with zero attached hydrogens (tertiary/aromatic N) is 1. The molecule has 0 aliphatic heterocycles. The molecular formula is C16H15N3O5S. The van der Waals surface area contributed by atoms with Gasteiger partial charge >= 0.3 is 5.97 Å². The number of aromatic nitrogens is 2. The van der Waals surface area contributed by atoms with E-state index in [2.05, 4.69) is 19.7 Å². The van der Waals surface area contributed by atoms with Gasteiger partial charge in [-0.1, -0.05) is 6.07 Å². The predicted molar refractivity (Wildman–Crippen MR) is 89.6 cm³/mol. The Hall–Kier alpha value is -3.07. The molecule has 0 unspecified atom stereocenters. The molecule has 0 fully saturated rings. The van der Waals surface area contributed by atoms with Crippen molar-refractivity contribution in [3.8, 4) is 11.5 Å². The van der Waals surface area contributed by atoms with E-state index in [9.17, 15) is 13.2 Å². The van der Waals surface area contributed by atoms with Crippen LogP contribution < -0.4 is 4.72 Å². The van der Waals surface area contributed by atoms with Crippen molar-refractivity contribution in [3.63, 3.8) is 0 Å². The number of furan rings is 1. The maximum absolute atomic E-state index is 12.6. The van der Waals surface area contributed by atoms with Crippen LogP contribution in [0.3, 0.4) is 0 Å². The summed E-state index contributed by atoms with van der Waals surface area (Å²) >= 11 is 0. The van der Waals surface area contributed by atoms with E-state index in [1.807, 2.05) is 0 Å². The second kappa shape index (κ2) is 6.44. The number of hydrogen-bond donors (Lipinski definition) is 2. The summed E-state index contributed by atoms with van der Waals surface area (Å²) < 4.78 is 37.8. The van der Waals surface area contributed by atoms with Gasteiger partial charge in [-0.15, -0.1) is 0 Å². The minimum atomic E-state index is -3.89. The van der Waals surface area contributed by atoms with E-state index < -0.39 is 16.0 Å². The van der Waals surface area contributed by atoms with Crippen molar-refractivity contribution in [1.82, 2.24) is 10.2 Å². The lowest BCUT2D eigenvalue weighted by Crippen LogP contribution is -2.13. The van der Waals surface area contributed by atoms with Crippen LogP contribution in [0.4, 0.5) is 5.69 Å². The highest BCUT2D eigenvalue weighted by molar-refractivity contribution is 7.92. The summed E-state index contributed by atoms with van der Waals surface area (Å²) in [7, 11) is -2.64. The summed E-state index contributed by atoms with van der Waals surface area (Å²) in [5.74, 6) is 0.0435. The quantitative estimate of drug-likeness (QED) is 0.675. The molecule has 25 heavy (non-hydrogen) atoms. The highest BCUT2D eigenvalue weighted by atomic mass is 32.2. The number of carbonyl (C=O) groups is 1. The van der Waals surface area contributed by atoms with E-state index in [1.54, 1.807) is 19.1 Å². The summed E-state index contributed by atoms with van der Waals surface area (Å²) in [5, 5.41) is 6.52. The summed E-state index contributed by atoms with van der Waals surface area (Å²) in [5.41, 5.74) is 1.05. The number of rotatable bonds is 5. The molecule has 8 nitrogen and oxygen atoms in total. The van der Waals surface area contributed by atoms with Crippen LogP contribution in [-0.2, 0) is 14.8 Å². The number of anilines is 1. The van der Waals surface area contributed by atoms with E-state index in [1.165, 1.54) is 37.6 Å². The summed E-state index contributed by atoms with van der Waals surface area (Å²) in [6.45, 7) is 1.55. The van der Waals surface area contributed by atoms with Gasteiger partial charge in [-0.25, -0.2) is 13.2 Å². The number of ether oxygens (including phenoxy) is 1. The number of benzene rings is 1. The Bertz CT molecular complexity index is 1010. The number of methoxy groups -OCH3 is 1. The van der Waals surface area contributed by atoms with Crippen molar-refractivity contribution >= 4 is 21.7 Å². The lowest BCUT2D eigenvalue weighted by molar-refractivity contribution is 0.0600. The number of carbonyl (C=O) groups excluding carboxylic acids is 1. The number of aryl methyl sites for hydroxylation is 1. The third-order valence-electron chi connectivity index (χ3n) is 3.46. The van der Waals surface area contributed by atoms with Crippen LogP contribution in [-0.4, -0.2) is 31.7 Å². The number of aromatic amines is 1. The summed E-state index contributed by atoms with van der Waals surface area (Å²) in [6.07, 6.45) is 1.54. The van der Waals surface area contributed by atoms with Crippen LogP contribution in [0.15, 0.2) is 51.9 Å². The molecule has 0 bridgehead atoms. The molecule has 9 heteroatoms. The van der Waals surface area contributed by atoms with Gasteiger partial charge < -0.3 is 9.15 Å². The fourth-order valence-corrected chi connectivity index (χ4v) is 3.53. The molecule has 2 N–H and O–H groups in total. The third kappa shape index (κ3) is 3.41. The SMILES string of the molecule is COC(=O)c1cccc(NS(=O)(=O)c2cc(-c3ccn[nH]3)oc2C)c1. The predicted octanol–water partition coefficient (Wildman–Crippen LogP) is 2.57. The Kier molecular flexibility index (Phi) is 4.32. The molecule has 0 saturated heterocycles. The van der Waals surface area contributed by atoms with E-state index in [0.29, 0.717) is 11.5 Å². The highest BCUT2D eigenvalue weighted by Crippen LogP contribution is 2.28. The summed E-state index contributed by atoms with van der Waals surface area (Å²) in [6, 6.07) is 9.10. The van der Waals surface area contributed by atoms with Crippen LogP contribution in [0.5, 0.6) is 0 Å². The van der Waals surface area contributed by atoms with E-state index in [0.717, 1.165) is 0 Å². The lowest BCUT2D eigenvalue weighted by Gasteiger charge is -2.08. The minimum Gasteiger partial charge on any atom is -0.465 e. The summed E-state index contributed by atoms with van der Waals surface area (Å²) in [4.78, 5) is 11.6. The first-order valence-corrected chi connectivity index (χ1v) is 8.70. The maximum Gasteiger partial charge on any atom is 0.337 e. The molecular weight excluding hydrogens is 346 g/mol. The molecule has 0 spiro atoms. The molecule has 0 atom stereocenters. The van der Waals surface area contributed by atoms with Crippen molar-refractivity contribution in [3.05, 3.63) is 53.9 Å². The van der Waals surface area contributed by atoms with Crippen molar-refractivity contribution in [2.24, 2.45) is 0 Å². The van der Waals surface area contributed by atoms with Crippen molar-refractivity contribution in [2.75, 3.05) is 11.8 Å². The van der Waals surface area contributed by atoms with Gasteiger partial charge in [-0.3, -0.25) is 9.82 Å². The van der Waals surface area contributed by atoms with Crippen LogP contribution in [0.25, 0.3) is 11.5 Å². The molecule has 0 aliphatic rings.